The van der Waals surface area contributed by atoms with E-state index in [0.717, 1.165) is 0 Å². The van der Waals surface area contributed by atoms with Crippen LogP contribution in [-0.2, 0) is 0 Å². The number of benzene rings is 1. The van der Waals surface area contributed by atoms with Gasteiger partial charge >= 0.3 is 0 Å². The van der Waals surface area contributed by atoms with E-state index >= 15 is 0 Å². The van der Waals surface area contributed by atoms with Crippen LogP contribution in [0.4, 0.5) is 0 Å². The summed E-state index contributed by atoms with van der Waals surface area (Å²) in [5, 5.41) is 1.89. The van der Waals surface area contributed by atoms with Gasteiger partial charge < -0.3 is 0 Å². The Bertz CT molecular complexity index is 416. The molecule has 16 heavy (non-hydrogen) atoms. The zero-order valence-electron chi connectivity index (χ0n) is 9.22. The van der Waals surface area contributed by atoms with Crippen LogP contribution in [0.1, 0.15) is 10.4 Å². The van der Waals surface area contributed by atoms with Crippen molar-refractivity contribution in [1.82, 2.24) is 0 Å². The molecule has 0 heterocycles. The fourth-order valence-electron chi connectivity index (χ4n) is 1.23. The lowest BCUT2D eigenvalue weighted by atomic mass is 10.0. The second kappa shape index (κ2) is 6.85. The van der Waals surface area contributed by atoms with Crippen molar-refractivity contribution in [2.45, 2.75) is 0 Å². The van der Waals surface area contributed by atoms with Gasteiger partial charge in [-0.15, -0.1) is 11.8 Å². The minimum Gasteiger partial charge on any atom is -0.289 e. The molecule has 0 saturated heterocycles. The molecular formula is C14H14OS. The van der Waals surface area contributed by atoms with Crippen molar-refractivity contribution < 1.29 is 4.79 Å². The predicted octanol–water partition coefficient (Wildman–Crippen LogP) is 3.86. The first-order chi connectivity index (χ1) is 7.79. The van der Waals surface area contributed by atoms with Crippen LogP contribution in [0.2, 0.25) is 0 Å². The van der Waals surface area contributed by atoms with Crippen molar-refractivity contribution >= 4 is 17.5 Å². The number of carbonyl (C=O) groups is 1. The Morgan fingerprint density at radius 2 is 2.00 bits per heavy atom. The van der Waals surface area contributed by atoms with Crippen molar-refractivity contribution in [3.63, 3.8) is 0 Å². The maximum Gasteiger partial charge on any atom is 0.193 e. The van der Waals surface area contributed by atoms with E-state index in [1.54, 1.807) is 23.9 Å². The van der Waals surface area contributed by atoms with E-state index in [-0.39, 0.29) is 5.78 Å². The highest BCUT2D eigenvalue weighted by molar-refractivity contribution is 8.01. The zero-order chi connectivity index (χ0) is 11.8. The van der Waals surface area contributed by atoms with Gasteiger partial charge in [-0.2, -0.15) is 0 Å². The van der Waals surface area contributed by atoms with Gasteiger partial charge in [-0.3, -0.25) is 4.79 Å². The largest absolute Gasteiger partial charge is 0.289 e. The first-order valence-corrected chi connectivity index (χ1v) is 6.20. The molecule has 0 aliphatic heterocycles. The molecule has 1 rings (SSSR count). The summed E-state index contributed by atoms with van der Waals surface area (Å²) in [7, 11) is 0. The number of hydrogen-bond acceptors (Lipinski definition) is 2. The molecule has 0 spiro atoms. The Hall–Kier alpha value is -1.54. The molecule has 0 bridgehead atoms. The van der Waals surface area contributed by atoms with Crippen LogP contribution in [0.15, 0.2) is 66.1 Å². The molecule has 0 aliphatic carbocycles. The molecule has 0 saturated carbocycles. The Morgan fingerprint density at radius 1 is 1.31 bits per heavy atom. The molecule has 0 radical (unpaired) electrons. The van der Waals surface area contributed by atoms with E-state index in [1.165, 1.54) is 0 Å². The van der Waals surface area contributed by atoms with Crippen LogP contribution in [0.5, 0.6) is 0 Å². The smallest absolute Gasteiger partial charge is 0.193 e. The molecular weight excluding hydrogens is 216 g/mol. The first kappa shape index (κ1) is 12.5. The molecule has 0 amide bonds. The topological polar surface area (TPSA) is 17.1 Å². The third-order valence-corrected chi connectivity index (χ3v) is 2.39. The second-order valence-electron chi connectivity index (χ2n) is 3.09. The van der Waals surface area contributed by atoms with E-state index in [1.807, 2.05) is 48.1 Å². The molecule has 0 fully saturated rings. The Morgan fingerprint density at radius 3 is 2.56 bits per heavy atom. The van der Waals surface area contributed by atoms with Crippen molar-refractivity contribution in [2.24, 2.45) is 0 Å². The average Bonchev–Trinajstić information content (AvgIpc) is 2.35. The lowest BCUT2D eigenvalue weighted by molar-refractivity contribution is 0.103. The summed E-state index contributed by atoms with van der Waals surface area (Å²) in [4.78, 5) is 12.1. The van der Waals surface area contributed by atoms with Gasteiger partial charge in [-0.05, 0) is 17.7 Å². The average molecular weight is 230 g/mol. The van der Waals surface area contributed by atoms with Crippen LogP contribution in [0.3, 0.4) is 0 Å². The van der Waals surface area contributed by atoms with Crippen LogP contribution in [0.25, 0.3) is 0 Å². The highest BCUT2D eigenvalue weighted by atomic mass is 32.2. The number of Topliss-reactive ketones (excluding diaryl/α,β-unsaturated/α-hetero) is 1. The van der Waals surface area contributed by atoms with Gasteiger partial charge in [0, 0.05) is 11.1 Å². The predicted molar refractivity (Wildman–Crippen MR) is 71.7 cm³/mol. The van der Waals surface area contributed by atoms with Crippen LogP contribution < -0.4 is 0 Å². The van der Waals surface area contributed by atoms with E-state index in [9.17, 15) is 4.79 Å². The number of allylic oxidation sites excluding steroid dienone is 4. The summed E-state index contributed by atoms with van der Waals surface area (Å²) in [6.07, 6.45) is 7.11. The molecule has 2 heteroatoms. The summed E-state index contributed by atoms with van der Waals surface area (Å²) in [6.45, 7) is 3.62. The molecule has 0 aliphatic rings. The van der Waals surface area contributed by atoms with Crippen molar-refractivity contribution in [3.8, 4) is 0 Å². The second-order valence-corrected chi connectivity index (χ2v) is 3.83. The van der Waals surface area contributed by atoms with E-state index in [2.05, 4.69) is 6.58 Å². The van der Waals surface area contributed by atoms with Gasteiger partial charge in [0.2, 0.25) is 0 Å². The van der Waals surface area contributed by atoms with Crippen LogP contribution in [0, 0.1) is 0 Å². The van der Waals surface area contributed by atoms with Gasteiger partial charge in [0.25, 0.3) is 0 Å². The molecule has 1 nitrogen and oxygen atoms in total. The number of thioether (sulfide) groups is 1. The highest BCUT2D eigenvalue weighted by Gasteiger charge is 2.07. The van der Waals surface area contributed by atoms with Gasteiger partial charge in [0.1, 0.15) is 0 Å². The highest BCUT2D eigenvalue weighted by Crippen LogP contribution is 2.11. The molecule has 0 atom stereocenters. The monoisotopic (exact) mass is 230 g/mol. The molecule has 82 valence electrons. The summed E-state index contributed by atoms with van der Waals surface area (Å²) < 4.78 is 0. The van der Waals surface area contributed by atoms with Crippen molar-refractivity contribution in [1.29, 1.82) is 0 Å². The summed E-state index contributed by atoms with van der Waals surface area (Å²) in [5.41, 5.74) is 1.34. The Labute approximate surface area is 101 Å². The number of ketones is 1. The van der Waals surface area contributed by atoms with E-state index in [4.69, 9.17) is 0 Å². The normalized spacial score (nSPS) is 11.7. The number of carbonyl (C=O) groups excluding carboxylic acids is 1. The number of hydrogen-bond donors (Lipinski definition) is 0. The van der Waals surface area contributed by atoms with Crippen LogP contribution in [-0.4, -0.2) is 12.0 Å². The van der Waals surface area contributed by atoms with E-state index < -0.39 is 0 Å². The fourth-order valence-corrected chi connectivity index (χ4v) is 1.51. The Balaban J connectivity index is 2.97. The maximum atomic E-state index is 12.1. The summed E-state index contributed by atoms with van der Waals surface area (Å²) >= 11 is 1.56. The van der Waals surface area contributed by atoms with Gasteiger partial charge in [0.15, 0.2) is 5.78 Å². The summed E-state index contributed by atoms with van der Waals surface area (Å²) in [5.74, 6) is 0.0193. The zero-order valence-corrected chi connectivity index (χ0v) is 10.0. The lowest BCUT2D eigenvalue weighted by Crippen LogP contribution is -2.00. The quantitative estimate of drug-likeness (QED) is 0.434. The SMILES string of the molecule is C=C/C=C(\C=C/SC)C(=O)c1ccccc1. The third kappa shape index (κ3) is 3.55. The van der Waals surface area contributed by atoms with Crippen molar-refractivity contribution in [3.05, 3.63) is 71.7 Å². The summed E-state index contributed by atoms with van der Waals surface area (Å²) in [6, 6.07) is 9.23. The van der Waals surface area contributed by atoms with Crippen molar-refractivity contribution in [2.75, 3.05) is 6.26 Å². The van der Waals surface area contributed by atoms with E-state index in [0.29, 0.717) is 11.1 Å². The number of rotatable bonds is 5. The standard InChI is InChI=1S/C14H14OS/c1-3-7-12(10-11-16-2)14(15)13-8-5-4-6-9-13/h3-11H,1H2,2H3/b11-10-,12-7+. The third-order valence-electron chi connectivity index (χ3n) is 1.98. The molecule has 0 N–H and O–H groups in total. The maximum absolute atomic E-state index is 12.1. The molecule has 1 aromatic rings. The fraction of sp³-hybridized carbons (Fsp3) is 0.0714. The molecule has 0 aromatic heterocycles. The minimum atomic E-state index is 0.0193. The molecule has 1 aromatic carbocycles. The Kier molecular flexibility index (Phi) is 5.37. The van der Waals surface area contributed by atoms with Gasteiger partial charge in [-0.1, -0.05) is 49.1 Å². The van der Waals surface area contributed by atoms with Gasteiger partial charge in [-0.25, -0.2) is 0 Å². The molecule has 0 unspecified atom stereocenters. The minimum absolute atomic E-state index is 0.0193. The van der Waals surface area contributed by atoms with Crippen LogP contribution >= 0.6 is 11.8 Å². The van der Waals surface area contributed by atoms with Gasteiger partial charge in [0.05, 0.1) is 0 Å². The first-order valence-electron chi connectivity index (χ1n) is 4.91. The lowest BCUT2D eigenvalue weighted by Gasteiger charge is -2.00.